The standard InChI is InChI=1S/C14H14N4O2S/c1-17-8-2-3-13(17)16-14-15-12(9-21-14)10-4-6-11(7-5-10)18(19)20/h4-7,9H,2-3,8H2,1H3/b16-13+. The van der Waals surface area contributed by atoms with E-state index in [1.165, 1.54) is 23.5 Å². The summed E-state index contributed by atoms with van der Waals surface area (Å²) < 4.78 is 0. The number of aliphatic imine (C=N–C) groups is 1. The van der Waals surface area contributed by atoms with Crippen LogP contribution in [0.3, 0.4) is 0 Å². The zero-order valence-corrected chi connectivity index (χ0v) is 12.3. The maximum Gasteiger partial charge on any atom is 0.269 e. The van der Waals surface area contributed by atoms with Crippen LogP contribution in [0.2, 0.25) is 0 Å². The lowest BCUT2D eigenvalue weighted by Crippen LogP contribution is -2.18. The van der Waals surface area contributed by atoms with E-state index in [1.807, 2.05) is 12.4 Å². The highest BCUT2D eigenvalue weighted by Crippen LogP contribution is 2.28. The molecule has 2 heterocycles. The predicted molar refractivity (Wildman–Crippen MR) is 83.2 cm³/mol. The SMILES string of the molecule is CN1CCC/C1=N\c1nc(-c2ccc([N+](=O)[O-])cc2)cs1. The molecule has 108 valence electrons. The quantitative estimate of drug-likeness (QED) is 0.643. The summed E-state index contributed by atoms with van der Waals surface area (Å²) in [6.07, 6.45) is 2.12. The monoisotopic (exact) mass is 302 g/mol. The van der Waals surface area contributed by atoms with Crippen molar-refractivity contribution in [1.29, 1.82) is 0 Å². The Hall–Kier alpha value is -2.28. The van der Waals surface area contributed by atoms with Gasteiger partial charge in [0.25, 0.3) is 5.69 Å². The number of likely N-dealkylation sites (tertiary alicyclic amines) is 1. The van der Waals surface area contributed by atoms with E-state index < -0.39 is 4.92 Å². The average Bonchev–Trinajstić information content (AvgIpc) is 3.10. The zero-order valence-electron chi connectivity index (χ0n) is 11.5. The van der Waals surface area contributed by atoms with Gasteiger partial charge >= 0.3 is 0 Å². The number of non-ortho nitro benzene ring substituents is 1. The van der Waals surface area contributed by atoms with Crippen LogP contribution in [0.25, 0.3) is 11.3 Å². The summed E-state index contributed by atoms with van der Waals surface area (Å²) in [4.78, 5) is 21.4. The molecule has 0 N–H and O–H groups in total. The molecule has 21 heavy (non-hydrogen) atoms. The van der Waals surface area contributed by atoms with Crippen molar-refractivity contribution in [3.63, 3.8) is 0 Å². The molecule has 0 bridgehead atoms. The molecular formula is C14H14N4O2S. The molecule has 1 saturated heterocycles. The number of nitro groups is 1. The summed E-state index contributed by atoms with van der Waals surface area (Å²) in [6.45, 7) is 1.04. The van der Waals surface area contributed by atoms with Crippen LogP contribution in [0.1, 0.15) is 12.8 Å². The van der Waals surface area contributed by atoms with Crippen LogP contribution in [-0.4, -0.2) is 34.2 Å². The van der Waals surface area contributed by atoms with Gasteiger partial charge in [0.2, 0.25) is 5.13 Å². The van der Waals surface area contributed by atoms with E-state index in [1.54, 1.807) is 12.1 Å². The van der Waals surface area contributed by atoms with Crippen LogP contribution in [0.5, 0.6) is 0 Å². The first kappa shape index (κ1) is 13.7. The molecule has 0 saturated carbocycles. The first-order chi connectivity index (χ1) is 10.1. The van der Waals surface area contributed by atoms with Crippen molar-refractivity contribution in [2.24, 2.45) is 4.99 Å². The van der Waals surface area contributed by atoms with Gasteiger partial charge in [-0.15, -0.1) is 11.3 Å². The van der Waals surface area contributed by atoms with Crippen molar-refractivity contribution in [3.8, 4) is 11.3 Å². The Balaban J connectivity index is 1.83. The summed E-state index contributed by atoms with van der Waals surface area (Å²) in [7, 11) is 2.04. The summed E-state index contributed by atoms with van der Waals surface area (Å²) in [5.74, 6) is 1.07. The molecule has 1 aliphatic heterocycles. The van der Waals surface area contributed by atoms with Crippen LogP contribution in [-0.2, 0) is 0 Å². The van der Waals surface area contributed by atoms with E-state index in [0.717, 1.165) is 41.6 Å². The van der Waals surface area contributed by atoms with Crippen molar-refractivity contribution >= 4 is 28.0 Å². The number of amidine groups is 1. The van der Waals surface area contributed by atoms with Gasteiger partial charge in [0.1, 0.15) is 5.84 Å². The number of hydrogen-bond donors (Lipinski definition) is 0. The van der Waals surface area contributed by atoms with Crippen LogP contribution in [0, 0.1) is 10.1 Å². The maximum absolute atomic E-state index is 10.6. The third-order valence-corrected chi connectivity index (χ3v) is 4.16. The minimum absolute atomic E-state index is 0.0852. The summed E-state index contributed by atoms with van der Waals surface area (Å²) in [5.41, 5.74) is 1.75. The highest BCUT2D eigenvalue weighted by molar-refractivity contribution is 7.13. The fraction of sp³-hybridized carbons (Fsp3) is 0.286. The van der Waals surface area contributed by atoms with E-state index in [2.05, 4.69) is 14.9 Å². The minimum Gasteiger partial charge on any atom is -0.363 e. The van der Waals surface area contributed by atoms with Crippen molar-refractivity contribution in [2.45, 2.75) is 12.8 Å². The number of aromatic nitrogens is 1. The van der Waals surface area contributed by atoms with Crippen molar-refractivity contribution in [3.05, 3.63) is 39.8 Å². The van der Waals surface area contributed by atoms with E-state index in [4.69, 9.17) is 0 Å². The van der Waals surface area contributed by atoms with Gasteiger partial charge in [-0.1, -0.05) is 0 Å². The molecule has 1 fully saturated rings. The number of thiazole rings is 1. The molecule has 1 aliphatic rings. The lowest BCUT2D eigenvalue weighted by atomic mass is 10.1. The van der Waals surface area contributed by atoms with Gasteiger partial charge in [-0.2, -0.15) is 0 Å². The first-order valence-corrected chi connectivity index (χ1v) is 7.50. The molecule has 0 amide bonds. The lowest BCUT2D eigenvalue weighted by Gasteiger charge is -2.09. The second kappa shape index (κ2) is 5.61. The average molecular weight is 302 g/mol. The number of benzene rings is 1. The highest BCUT2D eigenvalue weighted by atomic mass is 32.1. The summed E-state index contributed by atoms with van der Waals surface area (Å²) in [6, 6.07) is 6.41. The van der Waals surface area contributed by atoms with Crippen LogP contribution >= 0.6 is 11.3 Å². The topological polar surface area (TPSA) is 71.6 Å². The lowest BCUT2D eigenvalue weighted by molar-refractivity contribution is -0.384. The van der Waals surface area contributed by atoms with Crippen molar-refractivity contribution in [1.82, 2.24) is 9.88 Å². The van der Waals surface area contributed by atoms with Gasteiger partial charge in [0.15, 0.2) is 0 Å². The van der Waals surface area contributed by atoms with E-state index in [-0.39, 0.29) is 5.69 Å². The molecule has 0 spiro atoms. The van der Waals surface area contributed by atoms with Gasteiger partial charge < -0.3 is 4.90 Å². The van der Waals surface area contributed by atoms with Gasteiger partial charge in [-0.25, -0.2) is 9.98 Å². The fourth-order valence-corrected chi connectivity index (χ4v) is 2.96. The van der Waals surface area contributed by atoms with Crippen LogP contribution in [0.15, 0.2) is 34.6 Å². The van der Waals surface area contributed by atoms with Gasteiger partial charge in [0.05, 0.1) is 10.6 Å². The van der Waals surface area contributed by atoms with Gasteiger partial charge in [0, 0.05) is 43.1 Å². The van der Waals surface area contributed by atoms with E-state index >= 15 is 0 Å². The molecular weight excluding hydrogens is 288 g/mol. The van der Waals surface area contributed by atoms with Crippen molar-refractivity contribution < 1.29 is 4.92 Å². The molecule has 3 rings (SSSR count). The van der Waals surface area contributed by atoms with Crippen molar-refractivity contribution in [2.75, 3.05) is 13.6 Å². The summed E-state index contributed by atoms with van der Waals surface area (Å²) >= 11 is 1.48. The second-order valence-electron chi connectivity index (χ2n) is 4.87. The number of nitro benzene ring substituents is 1. The largest absolute Gasteiger partial charge is 0.363 e. The van der Waals surface area contributed by atoms with Crippen LogP contribution < -0.4 is 0 Å². The minimum atomic E-state index is -0.405. The van der Waals surface area contributed by atoms with Gasteiger partial charge in [-0.05, 0) is 18.6 Å². The first-order valence-electron chi connectivity index (χ1n) is 6.62. The number of rotatable bonds is 3. The third kappa shape index (κ3) is 2.92. The smallest absolute Gasteiger partial charge is 0.269 e. The molecule has 0 unspecified atom stereocenters. The predicted octanol–water partition coefficient (Wildman–Crippen LogP) is 3.47. The molecule has 1 aromatic carbocycles. The van der Waals surface area contributed by atoms with Crippen LogP contribution in [0.4, 0.5) is 10.8 Å². The Kier molecular flexibility index (Phi) is 3.66. The third-order valence-electron chi connectivity index (χ3n) is 3.43. The van der Waals surface area contributed by atoms with Gasteiger partial charge in [-0.3, -0.25) is 10.1 Å². The van der Waals surface area contributed by atoms with E-state index in [0.29, 0.717) is 0 Å². The molecule has 7 heteroatoms. The molecule has 2 aromatic rings. The molecule has 1 aromatic heterocycles. The van der Waals surface area contributed by atoms with E-state index in [9.17, 15) is 10.1 Å². The zero-order chi connectivity index (χ0) is 14.8. The normalized spacial score (nSPS) is 16.6. The molecule has 6 nitrogen and oxygen atoms in total. The number of nitrogens with zero attached hydrogens (tertiary/aromatic N) is 4. The Morgan fingerprint density at radius 3 is 2.76 bits per heavy atom. The Morgan fingerprint density at radius 2 is 2.14 bits per heavy atom. The fourth-order valence-electron chi connectivity index (χ4n) is 2.25. The Morgan fingerprint density at radius 1 is 1.38 bits per heavy atom. The molecule has 0 radical (unpaired) electrons. The Labute approximate surface area is 125 Å². The summed E-state index contributed by atoms with van der Waals surface area (Å²) in [5, 5.41) is 13.3. The maximum atomic E-state index is 10.6. The number of hydrogen-bond acceptors (Lipinski definition) is 5. The molecule has 0 aliphatic carbocycles. The molecule has 0 atom stereocenters. The highest BCUT2D eigenvalue weighted by Gasteiger charge is 2.15. The Bertz CT molecular complexity index is 693. The second-order valence-corrected chi connectivity index (χ2v) is 5.71.